The number of hydrogen-bond donors (Lipinski definition) is 1. The zero-order chi connectivity index (χ0) is 16.2. The molecule has 1 fully saturated rings. The average molecular weight is 317 g/mol. The zero-order valence-electron chi connectivity index (χ0n) is 13.4. The maximum atomic E-state index is 12.1. The first-order chi connectivity index (χ1) is 11.2. The van der Waals surface area contributed by atoms with Gasteiger partial charge in [0.1, 0.15) is 11.5 Å². The first kappa shape index (κ1) is 15.9. The van der Waals surface area contributed by atoms with Crippen molar-refractivity contribution in [2.75, 3.05) is 13.7 Å². The molecule has 1 saturated carbocycles. The second-order valence-corrected chi connectivity index (χ2v) is 6.26. The summed E-state index contributed by atoms with van der Waals surface area (Å²) in [4.78, 5) is 12.1. The SMILES string of the molecule is COc1ccc(Cn2oc(C3CCC(CO)CC3)cc2=O)cc1. The Morgan fingerprint density at radius 2 is 1.91 bits per heavy atom. The van der Waals surface area contributed by atoms with Crippen molar-refractivity contribution in [3.63, 3.8) is 0 Å². The van der Waals surface area contributed by atoms with E-state index < -0.39 is 0 Å². The van der Waals surface area contributed by atoms with Crippen LogP contribution in [-0.4, -0.2) is 23.6 Å². The number of nitrogens with zero attached hydrogens (tertiary/aromatic N) is 1. The van der Waals surface area contributed by atoms with E-state index in [9.17, 15) is 9.90 Å². The predicted octanol–water partition coefficient (Wildman–Crippen LogP) is 2.76. The largest absolute Gasteiger partial charge is 0.497 e. The second kappa shape index (κ2) is 7.04. The van der Waals surface area contributed by atoms with E-state index in [4.69, 9.17) is 9.26 Å². The Hall–Kier alpha value is -2.01. The molecule has 1 heterocycles. The first-order valence-corrected chi connectivity index (χ1v) is 8.14. The standard InChI is InChI=1S/C18H23NO4/c1-22-16-8-4-13(5-9-16)11-19-18(21)10-17(23-19)15-6-2-14(12-20)3-7-15/h4-5,8-10,14-15,20H,2-3,6-7,11-12H2,1H3. The van der Waals surface area contributed by atoms with Crippen LogP contribution >= 0.6 is 0 Å². The quantitative estimate of drug-likeness (QED) is 0.921. The summed E-state index contributed by atoms with van der Waals surface area (Å²) in [5, 5.41) is 9.21. The molecule has 23 heavy (non-hydrogen) atoms. The Labute approximate surface area is 135 Å². The van der Waals surface area contributed by atoms with Gasteiger partial charge >= 0.3 is 0 Å². The van der Waals surface area contributed by atoms with Gasteiger partial charge in [-0.15, -0.1) is 0 Å². The van der Waals surface area contributed by atoms with Crippen LogP contribution in [0.3, 0.4) is 0 Å². The number of methoxy groups -OCH3 is 1. The molecule has 0 bridgehead atoms. The van der Waals surface area contributed by atoms with Gasteiger partial charge in [0.15, 0.2) is 0 Å². The van der Waals surface area contributed by atoms with Crippen molar-refractivity contribution in [2.24, 2.45) is 5.92 Å². The molecule has 0 atom stereocenters. The van der Waals surface area contributed by atoms with Crippen LogP contribution in [0.4, 0.5) is 0 Å². The smallest absolute Gasteiger partial charge is 0.282 e. The van der Waals surface area contributed by atoms with Crippen molar-refractivity contribution >= 4 is 0 Å². The third-order valence-electron chi connectivity index (χ3n) is 4.72. The van der Waals surface area contributed by atoms with Crippen molar-refractivity contribution in [3.05, 3.63) is 52.0 Å². The van der Waals surface area contributed by atoms with Gasteiger partial charge in [0.05, 0.1) is 13.7 Å². The van der Waals surface area contributed by atoms with E-state index in [1.807, 2.05) is 24.3 Å². The number of benzene rings is 1. The Balaban J connectivity index is 1.69. The summed E-state index contributed by atoms with van der Waals surface area (Å²) < 4.78 is 12.3. The highest BCUT2D eigenvalue weighted by atomic mass is 16.5. The predicted molar refractivity (Wildman–Crippen MR) is 86.8 cm³/mol. The molecule has 0 amide bonds. The monoisotopic (exact) mass is 317 g/mol. The number of aromatic nitrogens is 1. The molecule has 0 saturated heterocycles. The van der Waals surface area contributed by atoms with E-state index in [0.29, 0.717) is 18.4 Å². The molecular weight excluding hydrogens is 294 g/mol. The van der Waals surface area contributed by atoms with Crippen LogP contribution in [0.5, 0.6) is 5.75 Å². The van der Waals surface area contributed by atoms with Gasteiger partial charge in [0.2, 0.25) is 0 Å². The van der Waals surface area contributed by atoms with Gasteiger partial charge in [0.25, 0.3) is 5.56 Å². The highest BCUT2D eigenvalue weighted by Gasteiger charge is 2.25. The van der Waals surface area contributed by atoms with Crippen LogP contribution in [0.25, 0.3) is 0 Å². The Morgan fingerprint density at radius 1 is 1.22 bits per heavy atom. The molecule has 5 nitrogen and oxygen atoms in total. The molecule has 0 unspecified atom stereocenters. The summed E-state index contributed by atoms with van der Waals surface area (Å²) in [7, 11) is 1.63. The number of aliphatic hydroxyl groups is 1. The summed E-state index contributed by atoms with van der Waals surface area (Å²) in [5.74, 6) is 2.27. The number of rotatable bonds is 5. The maximum absolute atomic E-state index is 12.1. The fourth-order valence-electron chi connectivity index (χ4n) is 3.22. The zero-order valence-corrected chi connectivity index (χ0v) is 13.4. The molecule has 1 aromatic heterocycles. The van der Waals surface area contributed by atoms with Gasteiger partial charge < -0.3 is 14.4 Å². The van der Waals surface area contributed by atoms with Crippen LogP contribution in [0, 0.1) is 5.92 Å². The van der Waals surface area contributed by atoms with Crippen molar-refractivity contribution < 1.29 is 14.4 Å². The summed E-state index contributed by atoms with van der Waals surface area (Å²) in [6.45, 7) is 0.684. The van der Waals surface area contributed by atoms with E-state index in [1.54, 1.807) is 13.2 Å². The molecule has 0 spiro atoms. The van der Waals surface area contributed by atoms with Crippen LogP contribution in [0.1, 0.15) is 42.9 Å². The minimum atomic E-state index is -0.0971. The van der Waals surface area contributed by atoms with Crippen LogP contribution in [-0.2, 0) is 6.54 Å². The Kier molecular flexibility index (Phi) is 4.86. The lowest BCUT2D eigenvalue weighted by Gasteiger charge is -2.25. The molecule has 0 radical (unpaired) electrons. The maximum Gasteiger partial charge on any atom is 0.282 e. The normalized spacial score (nSPS) is 21.3. The molecule has 5 heteroatoms. The van der Waals surface area contributed by atoms with Crippen molar-refractivity contribution in [3.8, 4) is 5.75 Å². The number of hydrogen-bond acceptors (Lipinski definition) is 4. The van der Waals surface area contributed by atoms with Gasteiger partial charge in [-0.1, -0.05) is 12.1 Å². The molecular formula is C18H23NO4. The lowest BCUT2D eigenvalue weighted by molar-refractivity contribution is 0.168. The molecule has 1 aliphatic rings. The fraction of sp³-hybridized carbons (Fsp3) is 0.500. The van der Waals surface area contributed by atoms with Crippen LogP contribution in [0.15, 0.2) is 39.6 Å². The first-order valence-electron chi connectivity index (χ1n) is 8.14. The van der Waals surface area contributed by atoms with Crippen molar-refractivity contribution in [1.29, 1.82) is 0 Å². The summed E-state index contributed by atoms with van der Waals surface area (Å²) in [6, 6.07) is 9.23. The average Bonchev–Trinajstić information content (AvgIpc) is 2.96. The van der Waals surface area contributed by atoms with E-state index in [2.05, 4.69) is 0 Å². The molecule has 1 aliphatic carbocycles. The minimum absolute atomic E-state index is 0.0971. The topological polar surface area (TPSA) is 64.6 Å². The molecule has 1 aromatic carbocycles. The van der Waals surface area contributed by atoms with E-state index in [0.717, 1.165) is 42.8 Å². The fourth-order valence-corrected chi connectivity index (χ4v) is 3.22. The highest BCUT2D eigenvalue weighted by Crippen LogP contribution is 2.35. The third-order valence-corrected chi connectivity index (χ3v) is 4.72. The van der Waals surface area contributed by atoms with Gasteiger partial charge in [-0.25, -0.2) is 0 Å². The van der Waals surface area contributed by atoms with Crippen molar-refractivity contribution in [2.45, 2.75) is 38.1 Å². The van der Waals surface area contributed by atoms with Crippen LogP contribution in [0.2, 0.25) is 0 Å². The number of aliphatic hydroxyl groups excluding tert-OH is 1. The van der Waals surface area contributed by atoms with Gasteiger partial charge in [-0.05, 0) is 49.3 Å². The summed E-state index contributed by atoms with van der Waals surface area (Å²) in [5.41, 5.74) is 0.901. The Bertz CT molecular complexity index is 678. The van der Waals surface area contributed by atoms with Gasteiger partial charge in [0, 0.05) is 18.6 Å². The lowest BCUT2D eigenvalue weighted by Crippen LogP contribution is -2.15. The number of ether oxygens (including phenoxy) is 1. The van der Waals surface area contributed by atoms with Gasteiger partial charge in [-0.2, -0.15) is 4.74 Å². The molecule has 1 N–H and O–H groups in total. The van der Waals surface area contributed by atoms with E-state index in [1.165, 1.54) is 4.74 Å². The van der Waals surface area contributed by atoms with Crippen molar-refractivity contribution in [1.82, 2.24) is 4.74 Å². The minimum Gasteiger partial charge on any atom is -0.497 e. The molecule has 0 aliphatic heterocycles. The summed E-state index contributed by atoms with van der Waals surface area (Å²) in [6.07, 6.45) is 3.94. The summed E-state index contributed by atoms with van der Waals surface area (Å²) >= 11 is 0. The molecule has 124 valence electrons. The highest BCUT2D eigenvalue weighted by molar-refractivity contribution is 5.27. The Morgan fingerprint density at radius 3 is 2.52 bits per heavy atom. The van der Waals surface area contributed by atoms with E-state index >= 15 is 0 Å². The van der Waals surface area contributed by atoms with Crippen LogP contribution < -0.4 is 10.3 Å². The molecule has 3 rings (SSSR count). The third kappa shape index (κ3) is 3.67. The lowest BCUT2D eigenvalue weighted by atomic mass is 9.81. The van der Waals surface area contributed by atoms with Gasteiger partial charge in [-0.3, -0.25) is 4.79 Å². The van der Waals surface area contributed by atoms with E-state index in [-0.39, 0.29) is 12.2 Å². The second-order valence-electron chi connectivity index (χ2n) is 6.26. The molecule has 2 aromatic rings.